The minimum absolute atomic E-state index is 0.0465. The second kappa shape index (κ2) is 8.25. The van der Waals surface area contributed by atoms with Crippen LogP contribution in [0.1, 0.15) is 28.8 Å². The number of hydrogen-bond donors (Lipinski definition) is 2. The summed E-state index contributed by atoms with van der Waals surface area (Å²) in [6, 6.07) is 7.70. The summed E-state index contributed by atoms with van der Waals surface area (Å²) in [6.07, 6.45) is 7.11. The first-order chi connectivity index (χ1) is 15.9. The molecule has 1 aliphatic carbocycles. The molecule has 1 fully saturated rings. The summed E-state index contributed by atoms with van der Waals surface area (Å²) in [6.45, 7) is -0.0465. The number of pyridine rings is 2. The fourth-order valence-corrected chi connectivity index (χ4v) is 4.01. The van der Waals surface area contributed by atoms with E-state index in [1.807, 2.05) is 0 Å². The van der Waals surface area contributed by atoms with E-state index < -0.39 is 17.8 Å². The summed E-state index contributed by atoms with van der Waals surface area (Å²) in [5, 5.41) is 17.0. The van der Waals surface area contributed by atoms with Crippen molar-refractivity contribution < 1.29 is 14.3 Å². The van der Waals surface area contributed by atoms with Crippen LogP contribution >= 0.6 is 0 Å². The number of aromatic nitrogens is 4. The number of rotatable bonds is 5. The van der Waals surface area contributed by atoms with Crippen molar-refractivity contribution in [1.29, 1.82) is 0 Å². The SMILES string of the molecule is Cn1cc(-c2ccc(Cn3cc(C(=O)N[C@@H]4CC[C@H]4O)c4ncccc4c3=O)c(F)c2)cn1. The molecule has 1 amide bonds. The highest BCUT2D eigenvalue weighted by Crippen LogP contribution is 2.23. The van der Waals surface area contributed by atoms with Gasteiger partial charge in [0.1, 0.15) is 5.82 Å². The molecule has 8 nitrogen and oxygen atoms in total. The first-order valence-electron chi connectivity index (χ1n) is 10.7. The largest absolute Gasteiger partial charge is 0.391 e. The number of nitrogens with zero attached hydrogens (tertiary/aromatic N) is 4. The van der Waals surface area contributed by atoms with Gasteiger partial charge in [0.25, 0.3) is 11.5 Å². The van der Waals surface area contributed by atoms with Crippen molar-refractivity contribution in [3.63, 3.8) is 0 Å². The molecular formula is C24H22FN5O3. The van der Waals surface area contributed by atoms with Gasteiger partial charge in [-0.2, -0.15) is 5.10 Å². The lowest BCUT2D eigenvalue weighted by molar-refractivity contribution is 0.0448. The van der Waals surface area contributed by atoms with Crippen molar-refractivity contribution >= 4 is 16.8 Å². The molecular weight excluding hydrogens is 425 g/mol. The van der Waals surface area contributed by atoms with E-state index in [0.29, 0.717) is 24.0 Å². The molecule has 33 heavy (non-hydrogen) atoms. The van der Waals surface area contributed by atoms with Crippen molar-refractivity contribution in [2.45, 2.75) is 31.5 Å². The van der Waals surface area contributed by atoms with Crippen LogP contribution in [0, 0.1) is 5.82 Å². The number of benzene rings is 1. The predicted molar refractivity (Wildman–Crippen MR) is 120 cm³/mol. The van der Waals surface area contributed by atoms with Gasteiger partial charge in [0.05, 0.1) is 41.4 Å². The Hall–Kier alpha value is -3.85. The van der Waals surface area contributed by atoms with Crippen molar-refractivity contribution in [2.75, 3.05) is 0 Å². The number of carbonyl (C=O) groups is 1. The smallest absolute Gasteiger partial charge is 0.260 e. The molecule has 0 aliphatic heterocycles. The van der Waals surface area contributed by atoms with Gasteiger partial charge in [-0.3, -0.25) is 19.3 Å². The number of aliphatic hydroxyl groups excluding tert-OH is 1. The van der Waals surface area contributed by atoms with E-state index in [0.717, 1.165) is 5.56 Å². The lowest BCUT2D eigenvalue weighted by Crippen LogP contribution is -2.50. The van der Waals surface area contributed by atoms with Crippen LogP contribution in [0.5, 0.6) is 0 Å². The standard InChI is InChI=1S/C24H22FN5O3/c1-29-11-16(10-27-29)14-4-5-15(19(25)9-14)12-30-13-18(23(32)28-20-6-7-21(20)31)22-17(24(30)33)3-2-8-26-22/h2-5,8-11,13,20-21,31H,6-7,12H2,1H3,(H,28,32)/t20-,21-/m1/s1. The molecule has 4 aromatic rings. The van der Waals surface area contributed by atoms with Gasteiger partial charge in [-0.05, 0) is 36.6 Å². The van der Waals surface area contributed by atoms with Crippen LogP contribution in [0.3, 0.4) is 0 Å². The van der Waals surface area contributed by atoms with Crippen LogP contribution in [0.2, 0.25) is 0 Å². The first-order valence-corrected chi connectivity index (χ1v) is 10.7. The minimum atomic E-state index is -0.577. The first kappa shape index (κ1) is 21.0. The molecule has 5 rings (SSSR count). The minimum Gasteiger partial charge on any atom is -0.391 e. The Bertz CT molecular complexity index is 1430. The highest BCUT2D eigenvalue weighted by atomic mass is 19.1. The summed E-state index contributed by atoms with van der Waals surface area (Å²) >= 11 is 0. The molecule has 0 spiro atoms. The molecule has 1 aliphatic rings. The second-order valence-electron chi connectivity index (χ2n) is 8.31. The molecule has 3 heterocycles. The van der Waals surface area contributed by atoms with Crippen LogP contribution in [0.4, 0.5) is 4.39 Å². The molecule has 9 heteroatoms. The second-order valence-corrected chi connectivity index (χ2v) is 8.31. The van der Waals surface area contributed by atoms with Crippen molar-refractivity contribution in [3.05, 3.63) is 82.4 Å². The molecule has 1 saturated carbocycles. The van der Waals surface area contributed by atoms with Gasteiger partial charge in [-0.15, -0.1) is 0 Å². The molecule has 2 N–H and O–H groups in total. The maximum atomic E-state index is 14.9. The quantitative estimate of drug-likeness (QED) is 0.489. The number of fused-ring (bicyclic) bond motifs is 1. The summed E-state index contributed by atoms with van der Waals surface area (Å²) in [4.78, 5) is 30.2. The molecule has 2 atom stereocenters. The Balaban J connectivity index is 1.51. The number of amides is 1. The normalized spacial score (nSPS) is 17.7. The molecule has 0 bridgehead atoms. The van der Waals surface area contributed by atoms with Crippen LogP contribution in [0.15, 0.2) is 59.9 Å². The molecule has 0 radical (unpaired) electrons. The van der Waals surface area contributed by atoms with E-state index in [9.17, 15) is 19.1 Å². The number of hydrogen-bond acceptors (Lipinski definition) is 5. The molecule has 0 unspecified atom stereocenters. The Labute approximate surface area is 188 Å². The van der Waals surface area contributed by atoms with Crippen LogP contribution in [-0.4, -0.2) is 42.5 Å². The Morgan fingerprint density at radius 3 is 2.76 bits per heavy atom. The van der Waals surface area contributed by atoms with E-state index in [2.05, 4.69) is 15.4 Å². The monoisotopic (exact) mass is 447 g/mol. The predicted octanol–water partition coefficient (Wildman–Crippen LogP) is 2.24. The number of aryl methyl sites for hydroxylation is 1. The van der Waals surface area contributed by atoms with Crippen molar-refractivity contribution in [3.8, 4) is 11.1 Å². The van der Waals surface area contributed by atoms with Gasteiger partial charge in [0.15, 0.2) is 0 Å². The maximum Gasteiger partial charge on any atom is 0.260 e. The lowest BCUT2D eigenvalue weighted by Gasteiger charge is -2.33. The third-order valence-corrected chi connectivity index (χ3v) is 6.07. The van der Waals surface area contributed by atoms with E-state index in [1.165, 1.54) is 23.0 Å². The number of aliphatic hydroxyl groups is 1. The van der Waals surface area contributed by atoms with E-state index >= 15 is 0 Å². The van der Waals surface area contributed by atoms with Gasteiger partial charge in [-0.1, -0.05) is 12.1 Å². The molecule has 1 aromatic carbocycles. The highest BCUT2D eigenvalue weighted by molar-refractivity contribution is 6.05. The summed E-state index contributed by atoms with van der Waals surface area (Å²) < 4.78 is 17.9. The Morgan fingerprint density at radius 2 is 2.09 bits per heavy atom. The Kier molecular flexibility index (Phi) is 5.26. The summed E-state index contributed by atoms with van der Waals surface area (Å²) in [5.41, 5.74) is 1.89. The fraction of sp³-hybridized carbons (Fsp3) is 0.250. The third-order valence-electron chi connectivity index (χ3n) is 6.07. The number of nitrogens with one attached hydrogen (secondary N) is 1. The zero-order valence-electron chi connectivity index (χ0n) is 17.9. The third kappa shape index (κ3) is 3.91. The average molecular weight is 447 g/mol. The van der Waals surface area contributed by atoms with Gasteiger partial charge >= 0.3 is 0 Å². The highest BCUT2D eigenvalue weighted by Gasteiger charge is 2.31. The van der Waals surface area contributed by atoms with Crippen molar-refractivity contribution in [1.82, 2.24) is 24.6 Å². The molecule has 0 saturated heterocycles. The lowest BCUT2D eigenvalue weighted by atomic mass is 9.89. The zero-order chi connectivity index (χ0) is 23.1. The van der Waals surface area contributed by atoms with Crippen molar-refractivity contribution in [2.24, 2.45) is 7.05 Å². The Morgan fingerprint density at radius 1 is 1.24 bits per heavy atom. The van der Waals surface area contributed by atoms with E-state index in [4.69, 9.17) is 0 Å². The van der Waals surface area contributed by atoms with E-state index in [1.54, 1.807) is 48.4 Å². The molecule has 3 aromatic heterocycles. The number of halogens is 1. The van der Waals surface area contributed by atoms with Gasteiger partial charge in [0, 0.05) is 36.8 Å². The van der Waals surface area contributed by atoms with Crippen LogP contribution in [0.25, 0.3) is 22.0 Å². The summed E-state index contributed by atoms with van der Waals surface area (Å²) in [5.74, 6) is -0.887. The molecule has 168 valence electrons. The maximum absolute atomic E-state index is 14.9. The average Bonchev–Trinajstić information content (AvgIpc) is 3.25. The van der Waals surface area contributed by atoms with Crippen LogP contribution < -0.4 is 10.9 Å². The summed E-state index contributed by atoms with van der Waals surface area (Å²) in [7, 11) is 1.79. The topological polar surface area (TPSA) is 102 Å². The van der Waals surface area contributed by atoms with Gasteiger partial charge in [0.2, 0.25) is 0 Å². The van der Waals surface area contributed by atoms with Crippen LogP contribution in [-0.2, 0) is 13.6 Å². The fourth-order valence-electron chi connectivity index (χ4n) is 4.01. The van der Waals surface area contributed by atoms with Gasteiger partial charge < -0.3 is 15.0 Å². The zero-order valence-corrected chi connectivity index (χ0v) is 17.9. The van der Waals surface area contributed by atoms with Gasteiger partial charge in [-0.25, -0.2) is 4.39 Å². The van der Waals surface area contributed by atoms with E-state index in [-0.39, 0.29) is 34.6 Å². The number of carbonyl (C=O) groups excluding carboxylic acids is 1.